The van der Waals surface area contributed by atoms with Crippen LogP contribution in [0.3, 0.4) is 0 Å². The van der Waals surface area contributed by atoms with Crippen molar-refractivity contribution in [2.75, 3.05) is 37.8 Å². The Morgan fingerprint density at radius 3 is 2.62 bits per heavy atom. The molecule has 2 N–H and O–H groups in total. The normalized spacial score (nSPS) is 12.1. The Hall–Kier alpha value is -3.82. The van der Waals surface area contributed by atoms with E-state index in [1.165, 1.54) is 10.8 Å². The Labute approximate surface area is 231 Å². The van der Waals surface area contributed by atoms with Crippen LogP contribution in [0, 0.1) is 0 Å². The molecule has 214 valence electrons. The van der Waals surface area contributed by atoms with Crippen molar-refractivity contribution in [3.63, 3.8) is 0 Å². The van der Waals surface area contributed by atoms with E-state index in [9.17, 15) is 28.4 Å². The van der Waals surface area contributed by atoms with Gasteiger partial charge >= 0.3 is 11.6 Å². The number of nitrogens with zero attached hydrogens (tertiary/aromatic N) is 2. The summed E-state index contributed by atoms with van der Waals surface area (Å²) in [7, 11) is -2.66. The van der Waals surface area contributed by atoms with Crippen molar-refractivity contribution in [2.24, 2.45) is 0 Å². The van der Waals surface area contributed by atoms with Crippen LogP contribution in [0.5, 0.6) is 0 Å². The summed E-state index contributed by atoms with van der Waals surface area (Å²) in [5.74, 6) is -1.78. The number of alkyl halides is 1. The smallest absolute Gasteiger partial charge is 0.370 e. The van der Waals surface area contributed by atoms with Crippen LogP contribution < -0.4 is 25.7 Å². The standard InChI is InChI=1S/C28H33FN3O7P/c1-3-31(4-2)23-10-7-20-15-21(28(36)39-25(20)16-23)8-9-22-11-12-24(18-32(22)19-27(34)35)40(37)38-14-6-5-13-30-26(33)17-29/h7-12,15-16,18,40H,3-6,13-14,17,19H2,1-2H3,(H-,30,33,34,35)/p+1. The lowest BCUT2D eigenvalue weighted by atomic mass is 10.1. The fourth-order valence-electron chi connectivity index (χ4n) is 4.05. The third-order valence-corrected chi connectivity index (χ3v) is 7.39. The van der Waals surface area contributed by atoms with Gasteiger partial charge in [0.15, 0.2) is 12.9 Å². The van der Waals surface area contributed by atoms with Crippen molar-refractivity contribution >= 4 is 54.0 Å². The van der Waals surface area contributed by atoms with Gasteiger partial charge in [0.25, 0.3) is 5.91 Å². The van der Waals surface area contributed by atoms with E-state index in [2.05, 4.69) is 24.1 Å². The molecule has 2 aromatic heterocycles. The molecule has 0 aliphatic heterocycles. The number of carbonyl (C=O) groups excluding carboxylic acids is 1. The fourth-order valence-corrected chi connectivity index (χ4v) is 5.03. The molecule has 0 aliphatic rings. The van der Waals surface area contributed by atoms with E-state index in [0.29, 0.717) is 41.5 Å². The maximum atomic E-state index is 12.7. The van der Waals surface area contributed by atoms with E-state index < -0.39 is 38.7 Å². The van der Waals surface area contributed by atoms with Crippen LogP contribution in [-0.4, -0.2) is 49.9 Å². The Morgan fingerprint density at radius 1 is 1.15 bits per heavy atom. The number of nitrogens with one attached hydrogen (secondary N) is 1. The van der Waals surface area contributed by atoms with Crippen LogP contribution in [0.2, 0.25) is 0 Å². The molecule has 0 saturated heterocycles. The van der Waals surface area contributed by atoms with Gasteiger partial charge in [-0.1, -0.05) is 0 Å². The number of anilines is 1. The monoisotopic (exact) mass is 574 g/mol. The number of carbonyl (C=O) groups is 2. The van der Waals surface area contributed by atoms with Crippen LogP contribution in [0.25, 0.3) is 23.1 Å². The largest absolute Gasteiger partial charge is 0.477 e. The highest BCUT2D eigenvalue weighted by Crippen LogP contribution is 2.23. The zero-order chi connectivity index (χ0) is 29.1. The van der Waals surface area contributed by atoms with Crippen molar-refractivity contribution < 1.29 is 37.2 Å². The van der Waals surface area contributed by atoms with E-state index in [0.717, 1.165) is 24.2 Å². The molecule has 12 heteroatoms. The number of aromatic nitrogens is 1. The minimum Gasteiger partial charge on any atom is -0.477 e. The molecule has 0 aliphatic carbocycles. The lowest BCUT2D eigenvalue weighted by molar-refractivity contribution is -0.686. The summed E-state index contributed by atoms with van der Waals surface area (Å²) in [4.78, 5) is 37.2. The average Bonchev–Trinajstić information content (AvgIpc) is 2.94. The first kappa shape index (κ1) is 30.7. The number of fused-ring (bicyclic) bond motifs is 1. The molecule has 0 radical (unpaired) electrons. The number of rotatable bonds is 15. The molecule has 1 amide bonds. The second kappa shape index (κ2) is 15.1. The van der Waals surface area contributed by atoms with E-state index in [1.54, 1.807) is 30.4 Å². The highest BCUT2D eigenvalue weighted by molar-refractivity contribution is 7.48. The number of benzene rings is 1. The fraction of sp³-hybridized carbons (Fsp3) is 0.357. The number of carboxylic acid groups (broad SMARTS) is 1. The number of pyridine rings is 1. The van der Waals surface area contributed by atoms with Crippen molar-refractivity contribution in [1.29, 1.82) is 0 Å². The van der Waals surface area contributed by atoms with Gasteiger partial charge in [0.1, 0.15) is 5.58 Å². The van der Waals surface area contributed by atoms with Gasteiger partial charge in [0.2, 0.25) is 20.3 Å². The lowest BCUT2D eigenvalue weighted by Gasteiger charge is -2.20. The molecule has 0 fully saturated rings. The Balaban J connectivity index is 1.74. The second-order valence-corrected chi connectivity index (χ2v) is 10.3. The van der Waals surface area contributed by atoms with Gasteiger partial charge in [-0.2, -0.15) is 4.57 Å². The quantitative estimate of drug-likeness (QED) is 0.123. The first-order chi connectivity index (χ1) is 19.2. The number of halogens is 1. The minimum atomic E-state index is -2.66. The van der Waals surface area contributed by atoms with Crippen molar-refractivity contribution in [1.82, 2.24) is 5.32 Å². The van der Waals surface area contributed by atoms with Crippen molar-refractivity contribution in [3.05, 3.63) is 64.3 Å². The summed E-state index contributed by atoms with van der Waals surface area (Å²) in [6.45, 7) is 4.75. The number of aliphatic carboxylic acids is 1. The summed E-state index contributed by atoms with van der Waals surface area (Å²) < 4.78 is 37.1. The zero-order valence-electron chi connectivity index (χ0n) is 22.5. The van der Waals surface area contributed by atoms with Gasteiger partial charge < -0.3 is 24.3 Å². The molecule has 3 aromatic rings. The molecule has 1 atom stereocenters. The summed E-state index contributed by atoms with van der Waals surface area (Å²) in [6.07, 6.45) is 5.64. The topological polar surface area (TPSA) is 130 Å². The molecule has 40 heavy (non-hydrogen) atoms. The predicted molar refractivity (Wildman–Crippen MR) is 152 cm³/mol. The molecule has 3 rings (SSSR count). The van der Waals surface area contributed by atoms with Gasteiger partial charge in [0, 0.05) is 48.9 Å². The van der Waals surface area contributed by atoms with Gasteiger partial charge in [-0.05, 0) is 57.0 Å². The maximum absolute atomic E-state index is 12.7. The predicted octanol–water partition coefficient (Wildman–Crippen LogP) is 3.16. The second-order valence-electron chi connectivity index (χ2n) is 8.91. The number of carboxylic acids is 1. The van der Waals surface area contributed by atoms with Crippen molar-refractivity contribution in [3.8, 4) is 0 Å². The first-order valence-electron chi connectivity index (χ1n) is 13.0. The third-order valence-electron chi connectivity index (χ3n) is 6.16. The van der Waals surface area contributed by atoms with Crippen LogP contribution in [-0.2, 0) is 25.2 Å². The molecular formula is C28H34FN3O7P+. The minimum absolute atomic E-state index is 0.165. The number of amides is 1. The van der Waals surface area contributed by atoms with Crippen LogP contribution >= 0.6 is 8.03 Å². The van der Waals surface area contributed by atoms with Crippen LogP contribution in [0.15, 0.2) is 51.8 Å². The van der Waals surface area contributed by atoms with E-state index in [-0.39, 0.29) is 6.61 Å². The summed E-state index contributed by atoms with van der Waals surface area (Å²) in [6, 6.07) is 10.6. The summed E-state index contributed by atoms with van der Waals surface area (Å²) >= 11 is 0. The van der Waals surface area contributed by atoms with Crippen LogP contribution in [0.4, 0.5) is 10.1 Å². The van der Waals surface area contributed by atoms with Gasteiger partial charge in [-0.3, -0.25) is 9.36 Å². The third kappa shape index (κ3) is 8.59. The van der Waals surface area contributed by atoms with E-state index in [1.807, 2.05) is 18.2 Å². The molecule has 0 saturated carbocycles. The van der Waals surface area contributed by atoms with E-state index in [4.69, 9.17) is 8.94 Å². The van der Waals surface area contributed by atoms with Gasteiger partial charge in [-0.25, -0.2) is 14.0 Å². The van der Waals surface area contributed by atoms with Gasteiger partial charge in [-0.15, -0.1) is 0 Å². The van der Waals surface area contributed by atoms with Crippen molar-refractivity contribution in [2.45, 2.75) is 33.2 Å². The van der Waals surface area contributed by atoms with E-state index >= 15 is 0 Å². The van der Waals surface area contributed by atoms with Crippen LogP contribution in [0.1, 0.15) is 37.9 Å². The molecule has 10 nitrogen and oxygen atoms in total. The SMILES string of the molecule is CCN(CC)c1ccc2cc(/C=C/c3ccc([PH](=O)OCCCCNC(=O)CF)c[n+]3CC(=O)O)c(=O)oc2c1. The Bertz CT molecular complexity index is 1450. The number of hydrogen-bond acceptors (Lipinski definition) is 7. The summed E-state index contributed by atoms with van der Waals surface area (Å²) in [5, 5.41) is 12.9. The molecule has 1 aromatic carbocycles. The maximum Gasteiger partial charge on any atom is 0.370 e. The molecular weight excluding hydrogens is 540 g/mol. The number of hydrogen-bond donors (Lipinski definition) is 2. The lowest BCUT2D eigenvalue weighted by Crippen LogP contribution is -2.42. The highest BCUT2D eigenvalue weighted by Gasteiger charge is 2.17. The molecule has 0 bridgehead atoms. The molecule has 0 spiro atoms. The molecule has 1 unspecified atom stereocenters. The first-order valence-corrected chi connectivity index (χ1v) is 14.3. The zero-order valence-corrected chi connectivity index (χ0v) is 23.5. The summed E-state index contributed by atoms with van der Waals surface area (Å²) in [5.41, 5.74) is 1.69. The average molecular weight is 575 g/mol. The number of unbranched alkanes of at least 4 members (excludes halogenated alkanes) is 1. The molecule has 2 heterocycles. The van der Waals surface area contributed by atoms with Gasteiger partial charge in [0.05, 0.1) is 17.5 Å². The Kier molecular flexibility index (Phi) is 11.6. The Morgan fingerprint density at radius 2 is 1.93 bits per heavy atom. The highest BCUT2D eigenvalue weighted by atomic mass is 31.1.